The van der Waals surface area contributed by atoms with Crippen molar-refractivity contribution in [2.75, 3.05) is 17.7 Å². The minimum Gasteiger partial charge on any atom is -0.495 e. The van der Waals surface area contributed by atoms with Gasteiger partial charge >= 0.3 is 0 Å². The third kappa shape index (κ3) is 3.75. The fraction of sp³-hybridized carbons (Fsp3) is 0.188. The van der Waals surface area contributed by atoms with Gasteiger partial charge in [-0.2, -0.15) is 10.1 Å². The molecule has 0 aliphatic heterocycles. The molecule has 3 aromatic rings. The molecule has 0 bridgehead atoms. The number of aromatic nitrogens is 3. The van der Waals surface area contributed by atoms with Gasteiger partial charge in [0.2, 0.25) is 5.95 Å². The lowest BCUT2D eigenvalue weighted by Crippen LogP contribution is -2.06. The minimum atomic E-state index is 0.347. The van der Waals surface area contributed by atoms with Gasteiger partial charge in [0, 0.05) is 11.1 Å². The van der Waals surface area contributed by atoms with E-state index in [-0.39, 0.29) is 0 Å². The second-order valence-electron chi connectivity index (χ2n) is 5.02. The van der Waals surface area contributed by atoms with Crippen LogP contribution in [-0.4, -0.2) is 22.3 Å². The molecule has 24 heavy (non-hydrogen) atoms. The molecule has 0 unspecified atom stereocenters. The van der Waals surface area contributed by atoms with E-state index in [0.717, 1.165) is 11.3 Å². The highest BCUT2D eigenvalue weighted by Gasteiger charge is 2.09. The molecular formula is C16H16ClN5O2. The highest BCUT2D eigenvalue weighted by atomic mass is 35.5. The SMILES string of the molecule is COc1cc(Cl)c(C)cc1Nc1nncc(NCc2ccco2)n1. The number of methoxy groups -OCH3 is 1. The van der Waals surface area contributed by atoms with Crippen LogP contribution in [0.25, 0.3) is 0 Å². The topological polar surface area (TPSA) is 85.1 Å². The molecule has 0 aliphatic rings. The molecule has 0 radical (unpaired) electrons. The van der Waals surface area contributed by atoms with E-state index in [1.54, 1.807) is 25.6 Å². The number of hydrogen-bond donors (Lipinski definition) is 2. The average molecular weight is 346 g/mol. The number of rotatable bonds is 6. The van der Waals surface area contributed by atoms with E-state index >= 15 is 0 Å². The predicted octanol–water partition coefficient (Wildman–Crippen LogP) is 3.79. The number of nitrogens with one attached hydrogen (secondary N) is 2. The van der Waals surface area contributed by atoms with Crippen molar-refractivity contribution in [3.8, 4) is 5.75 Å². The third-order valence-corrected chi connectivity index (χ3v) is 3.72. The summed E-state index contributed by atoms with van der Waals surface area (Å²) in [5.74, 6) is 2.33. The Morgan fingerprint density at radius 3 is 2.96 bits per heavy atom. The molecule has 0 fully saturated rings. The Hall–Kier alpha value is -2.80. The molecule has 1 aromatic carbocycles. The maximum absolute atomic E-state index is 6.11. The predicted molar refractivity (Wildman–Crippen MR) is 91.9 cm³/mol. The standard InChI is InChI=1S/C16H16ClN5O2/c1-10-6-13(14(23-2)7-12(10)17)20-16-21-15(9-19-22-16)18-8-11-4-3-5-24-11/h3-7,9H,8H2,1-2H3,(H2,18,20,21,22). The summed E-state index contributed by atoms with van der Waals surface area (Å²) in [4.78, 5) is 4.37. The van der Waals surface area contributed by atoms with E-state index in [4.69, 9.17) is 20.8 Å². The van der Waals surface area contributed by atoms with Crippen molar-refractivity contribution in [3.05, 3.63) is 53.1 Å². The summed E-state index contributed by atoms with van der Waals surface area (Å²) in [6.07, 6.45) is 3.16. The summed E-state index contributed by atoms with van der Waals surface area (Å²) >= 11 is 6.11. The molecule has 0 spiro atoms. The molecule has 0 amide bonds. The van der Waals surface area contributed by atoms with Gasteiger partial charge in [0.15, 0.2) is 5.82 Å². The number of anilines is 3. The van der Waals surface area contributed by atoms with E-state index < -0.39 is 0 Å². The van der Waals surface area contributed by atoms with Crippen molar-refractivity contribution >= 4 is 29.1 Å². The van der Waals surface area contributed by atoms with E-state index in [1.165, 1.54) is 0 Å². The molecule has 2 heterocycles. The third-order valence-electron chi connectivity index (χ3n) is 3.31. The largest absolute Gasteiger partial charge is 0.495 e. The Morgan fingerprint density at radius 1 is 1.33 bits per heavy atom. The molecule has 3 rings (SSSR count). The zero-order chi connectivity index (χ0) is 16.9. The van der Waals surface area contributed by atoms with Crippen LogP contribution in [0.3, 0.4) is 0 Å². The molecule has 0 atom stereocenters. The van der Waals surface area contributed by atoms with E-state index in [9.17, 15) is 0 Å². The van der Waals surface area contributed by atoms with Crippen LogP contribution in [0.15, 0.2) is 41.1 Å². The van der Waals surface area contributed by atoms with Gasteiger partial charge in [-0.05, 0) is 30.7 Å². The van der Waals surface area contributed by atoms with Gasteiger partial charge < -0.3 is 19.8 Å². The lowest BCUT2D eigenvalue weighted by atomic mass is 10.2. The molecule has 0 saturated heterocycles. The highest BCUT2D eigenvalue weighted by Crippen LogP contribution is 2.32. The molecule has 0 aliphatic carbocycles. The van der Waals surface area contributed by atoms with Crippen LogP contribution in [0.1, 0.15) is 11.3 Å². The van der Waals surface area contributed by atoms with Crippen LogP contribution >= 0.6 is 11.6 Å². The highest BCUT2D eigenvalue weighted by molar-refractivity contribution is 6.31. The van der Waals surface area contributed by atoms with Gasteiger partial charge in [0.05, 0.1) is 31.8 Å². The fourth-order valence-corrected chi connectivity index (χ4v) is 2.24. The lowest BCUT2D eigenvalue weighted by molar-refractivity contribution is 0.416. The maximum Gasteiger partial charge on any atom is 0.249 e. The van der Waals surface area contributed by atoms with Gasteiger partial charge in [0.25, 0.3) is 0 Å². The number of ether oxygens (including phenoxy) is 1. The molecule has 8 heteroatoms. The first-order valence-electron chi connectivity index (χ1n) is 7.23. The van der Waals surface area contributed by atoms with Gasteiger partial charge in [-0.1, -0.05) is 11.6 Å². The number of benzene rings is 1. The quantitative estimate of drug-likeness (QED) is 0.703. The van der Waals surface area contributed by atoms with Crippen molar-refractivity contribution in [1.29, 1.82) is 0 Å². The molecule has 124 valence electrons. The zero-order valence-electron chi connectivity index (χ0n) is 13.2. The van der Waals surface area contributed by atoms with Crippen LogP contribution < -0.4 is 15.4 Å². The molecular weight excluding hydrogens is 330 g/mol. The Labute approximate surface area is 144 Å². The monoisotopic (exact) mass is 345 g/mol. The molecule has 2 aromatic heterocycles. The van der Waals surface area contributed by atoms with Gasteiger partial charge in [-0.25, -0.2) is 0 Å². The van der Waals surface area contributed by atoms with Gasteiger partial charge in [0.1, 0.15) is 11.5 Å². The summed E-state index contributed by atoms with van der Waals surface area (Å²) in [6.45, 7) is 2.42. The minimum absolute atomic E-state index is 0.347. The number of furan rings is 1. The van der Waals surface area contributed by atoms with Crippen molar-refractivity contribution in [2.45, 2.75) is 13.5 Å². The maximum atomic E-state index is 6.11. The van der Waals surface area contributed by atoms with E-state index in [1.807, 2.05) is 25.1 Å². The Morgan fingerprint density at radius 2 is 2.21 bits per heavy atom. The molecule has 2 N–H and O–H groups in total. The van der Waals surface area contributed by atoms with Gasteiger partial charge in [-0.15, -0.1) is 5.10 Å². The van der Waals surface area contributed by atoms with E-state index in [0.29, 0.717) is 34.8 Å². The first-order valence-corrected chi connectivity index (χ1v) is 7.60. The molecule has 7 nitrogen and oxygen atoms in total. The average Bonchev–Trinajstić information content (AvgIpc) is 3.10. The Balaban J connectivity index is 1.76. The summed E-state index contributed by atoms with van der Waals surface area (Å²) < 4.78 is 10.6. The normalized spacial score (nSPS) is 10.5. The first kappa shape index (κ1) is 16.1. The van der Waals surface area contributed by atoms with Crippen LogP contribution in [0.5, 0.6) is 5.75 Å². The summed E-state index contributed by atoms with van der Waals surface area (Å²) in [5, 5.41) is 14.8. The van der Waals surface area contributed by atoms with Crippen molar-refractivity contribution < 1.29 is 9.15 Å². The summed E-state index contributed by atoms with van der Waals surface area (Å²) in [6, 6.07) is 7.32. The second-order valence-corrected chi connectivity index (χ2v) is 5.43. The second kappa shape index (κ2) is 7.18. The van der Waals surface area contributed by atoms with Crippen LogP contribution in [-0.2, 0) is 6.54 Å². The summed E-state index contributed by atoms with van der Waals surface area (Å²) in [5.41, 5.74) is 1.63. The Kier molecular flexibility index (Phi) is 4.81. The summed E-state index contributed by atoms with van der Waals surface area (Å²) in [7, 11) is 1.58. The van der Waals surface area contributed by atoms with Crippen molar-refractivity contribution in [3.63, 3.8) is 0 Å². The van der Waals surface area contributed by atoms with Crippen LogP contribution in [0.2, 0.25) is 5.02 Å². The fourth-order valence-electron chi connectivity index (χ4n) is 2.08. The first-order chi connectivity index (χ1) is 11.7. The van der Waals surface area contributed by atoms with Crippen LogP contribution in [0.4, 0.5) is 17.5 Å². The lowest BCUT2D eigenvalue weighted by Gasteiger charge is -2.12. The van der Waals surface area contributed by atoms with Crippen LogP contribution in [0, 0.1) is 6.92 Å². The van der Waals surface area contributed by atoms with Crippen molar-refractivity contribution in [2.24, 2.45) is 0 Å². The van der Waals surface area contributed by atoms with E-state index in [2.05, 4.69) is 25.8 Å². The number of hydrogen-bond acceptors (Lipinski definition) is 7. The van der Waals surface area contributed by atoms with Gasteiger partial charge in [-0.3, -0.25) is 0 Å². The number of aryl methyl sites for hydroxylation is 1. The number of nitrogens with zero attached hydrogens (tertiary/aromatic N) is 3. The smallest absolute Gasteiger partial charge is 0.249 e. The number of halogens is 1. The molecule has 0 saturated carbocycles. The van der Waals surface area contributed by atoms with Crippen molar-refractivity contribution in [1.82, 2.24) is 15.2 Å². The zero-order valence-corrected chi connectivity index (χ0v) is 14.0. The Bertz CT molecular complexity index is 823.